The van der Waals surface area contributed by atoms with E-state index in [0.717, 1.165) is 0 Å². The van der Waals surface area contributed by atoms with Gasteiger partial charge in [-0.15, -0.1) is 12.4 Å². The Balaban J connectivity index is 0.000000963. The van der Waals surface area contributed by atoms with Gasteiger partial charge in [-0.2, -0.15) is 0 Å². The van der Waals surface area contributed by atoms with Crippen molar-refractivity contribution < 1.29 is 4.74 Å². The Bertz CT molecular complexity index is 512. The minimum Gasteiger partial charge on any atom is -0.375 e. The minimum atomic E-state index is 0. The zero-order chi connectivity index (χ0) is 10.3. The lowest BCUT2D eigenvalue weighted by Gasteiger charge is -2.23. The van der Waals surface area contributed by atoms with Crippen LogP contribution in [0.4, 0.5) is 0 Å². The molecule has 1 aliphatic heterocycles. The molecule has 0 saturated carbocycles. The van der Waals surface area contributed by atoms with Gasteiger partial charge >= 0.3 is 0 Å². The van der Waals surface area contributed by atoms with Crippen molar-refractivity contribution in [3.05, 3.63) is 47.5 Å². The molecule has 1 atom stereocenters. The molecule has 2 aromatic carbocycles. The molecule has 0 aliphatic carbocycles. The quantitative estimate of drug-likeness (QED) is 0.762. The molecule has 2 aromatic rings. The number of benzene rings is 2. The Morgan fingerprint density at radius 2 is 1.94 bits per heavy atom. The second-order valence-electron chi connectivity index (χ2n) is 3.98. The van der Waals surface area contributed by atoms with Crippen LogP contribution in [0.15, 0.2) is 36.4 Å². The highest BCUT2D eigenvalue weighted by atomic mass is 35.5. The monoisotopic (exact) mass is 235 g/mol. The average molecular weight is 236 g/mol. The van der Waals surface area contributed by atoms with Gasteiger partial charge in [0, 0.05) is 0 Å². The van der Waals surface area contributed by atoms with Crippen molar-refractivity contribution in [3.8, 4) is 0 Å². The van der Waals surface area contributed by atoms with Gasteiger partial charge in [-0.05, 0) is 21.9 Å². The molecule has 0 fully saturated rings. The van der Waals surface area contributed by atoms with E-state index in [1.54, 1.807) is 0 Å². The smallest absolute Gasteiger partial charge is 0.0727 e. The summed E-state index contributed by atoms with van der Waals surface area (Å²) in [7, 11) is 0. The lowest BCUT2D eigenvalue weighted by atomic mass is 9.94. The van der Waals surface area contributed by atoms with E-state index in [2.05, 4.69) is 36.4 Å². The van der Waals surface area contributed by atoms with Crippen LogP contribution in [0.5, 0.6) is 0 Å². The van der Waals surface area contributed by atoms with Crippen LogP contribution in [0.1, 0.15) is 17.2 Å². The van der Waals surface area contributed by atoms with Crippen LogP contribution >= 0.6 is 12.4 Å². The standard InChI is InChI=1S/C13H13NO.ClH/c14-13-8-15-7-12-10-4-2-1-3-9(10)5-6-11(12)13;/h1-6,13H,7-8,14H2;1H. The van der Waals surface area contributed by atoms with Crippen LogP contribution in [0, 0.1) is 0 Å². The Kier molecular flexibility index (Phi) is 3.15. The number of hydrogen-bond donors (Lipinski definition) is 1. The molecule has 2 nitrogen and oxygen atoms in total. The van der Waals surface area contributed by atoms with Gasteiger partial charge in [-0.25, -0.2) is 0 Å². The van der Waals surface area contributed by atoms with Crippen molar-refractivity contribution in [2.24, 2.45) is 5.73 Å². The first-order chi connectivity index (χ1) is 7.36. The summed E-state index contributed by atoms with van der Waals surface area (Å²) in [5.74, 6) is 0. The van der Waals surface area contributed by atoms with E-state index in [1.165, 1.54) is 21.9 Å². The zero-order valence-corrected chi connectivity index (χ0v) is 9.67. The maximum Gasteiger partial charge on any atom is 0.0727 e. The van der Waals surface area contributed by atoms with Gasteiger partial charge in [0.2, 0.25) is 0 Å². The van der Waals surface area contributed by atoms with Crippen molar-refractivity contribution in [1.82, 2.24) is 0 Å². The SMILES string of the molecule is Cl.NC1COCc2c1ccc1ccccc21. The largest absolute Gasteiger partial charge is 0.375 e. The van der Waals surface area contributed by atoms with Crippen LogP contribution < -0.4 is 5.73 Å². The third kappa shape index (κ3) is 1.69. The van der Waals surface area contributed by atoms with E-state index in [9.17, 15) is 0 Å². The molecular weight excluding hydrogens is 222 g/mol. The van der Waals surface area contributed by atoms with Crippen molar-refractivity contribution in [2.75, 3.05) is 6.61 Å². The number of nitrogens with two attached hydrogens (primary N) is 1. The van der Waals surface area contributed by atoms with Gasteiger partial charge in [0.05, 0.1) is 19.3 Å². The molecule has 0 spiro atoms. The van der Waals surface area contributed by atoms with Crippen molar-refractivity contribution >= 4 is 23.2 Å². The summed E-state index contributed by atoms with van der Waals surface area (Å²) in [5.41, 5.74) is 8.50. The highest BCUT2D eigenvalue weighted by Crippen LogP contribution is 2.29. The molecule has 3 heteroatoms. The lowest BCUT2D eigenvalue weighted by molar-refractivity contribution is 0.0935. The Labute approximate surface area is 101 Å². The topological polar surface area (TPSA) is 35.2 Å². The van der Waals surface area contributed by atoms with E-state index >= 15 is 0 Å². The molecule has 0 amide bonds. The number of ether oxygens (including phenoxy) is 1. The van der Waals surface area contributed by atoms with E-state index in [-0.39, 0.29) is 18.4 Å². The first kappa shape index (κ1) is 11.4. The molecule has 0 bridgehead atoms. The number of hydrogen-bond acceptors (Lipinski definition) is 2. The Hall–Kier alpha value is -1.09. The summed E-state index contributed by atoms with van der Waals surface area (Å²) in [6.45, 7) is 1.32. The summed E-state index contributed by atoms with van der Waals surface area (Å²) in [4.78, 5) is 0. The lowest BCUT2D eigenvalue weighted by Crippen LogP contribution is -2.23. The molecule has 1 unspecified atom stereocenters. The first-order valence-corrected chi connectivity index (χ1v) is 5.20. The molecule has 0 saturated heterocycles. The summed E-state index contributed by atoms with van der Waals surface area (Å²) < 4.78 is 5.49. The van der Waals surface area contributed by atoms with Gasteiger partial charge in [0.25, 0.3) is 0 Å². The zero-order valence-electron chi connectivity index (χ0n) is 8.85. The molecule has 2 N–H and O–H groups in total. The molecule has 1 aliphatic rings. The molecular formula is C13H14ClNO. The van der Waals surface area contributed by atoms with Crippen molar-refractivity contribution in [3.63, 3.8) is 0 Å². The summed E-state index contributed by atoms with van der Waals surface area (Å²) in [6.07, 6.45) is 0. The number of fused-ring (bicyclic) bond motifs is 3. The third-order valence-corrected chi connectivity index (χ3v) is 3.02. The van der Waals surface area contributed by atoms with Crippen LogP contribution in [-0.2, 0) is 11.3 Å². The van der Waals surface area contributed by atoms with Gasteiger partial charge in [0.1, 0.15) is 0 Å². The van der Waals surface area contributed by atoms with Crippen LogP contribution in [0.25, 0.3) is 10.8 Å². The summed E-state index contributed by atoms with van der Waals surface area (Å²) >= 11 is 0. The highest BCUT2D eigenvalue weighted by molar-refractivity contribution is 5.87. The molecule has 1 heterocycles. The third-order valence-electron chi connectivity index (χ3n) is 3.02. The van der Waals surface area contributed by atoms with E-state index in [4.69, 9.17) is 10.5 Å². The molecule has 0 aromatic heterocycles. The highest BCUT2D eigenvalue weighted by Gasteiger charge is 2.18. The van der Waals surface area contributed by atoms with E-state index in [1.807, 2.05) is 0 Å². The molecule has 0 radical (unpaired) electrons. The van der Waals surface area contributed by atoms with Crippen LogP contribution in [0.2, 0.25) is 0 Å². The predicted octanol–water partition coefficient (Wildman–Crippen LogP) is 2.79. The van der Waals surface area contributed by atoms with Crippen molar-refractivity contribution in [1.29, 1.82) is 0 Å². The van der Waals surface area contributed by atoms with Gasteiger partial charge < -0.3 is 10.5 Å². The maximum atomic E-state index is 6.01. The van der Waals surface area contributed by atoms with E-state index in [0.29, 0.717) is 13.2 Å². The molecule has 3 rings (SSSR count). The average Bonchev–Trinajstić information content (AvgIpc) is 2.29. The fraction of sp³-hybridized carbons (Fsp3) is 0.231. The number of halogens is 1. The summed E-state index contributed by atoms with van der Waals surface area (Å²) in [5, 5.41) is 2.53. The minimum absolute atomic E-state index is 0. The number of rotatable bonds is 0. The van der Waals surface area contributed by atoms with Gasteiger partial charge in [-0.3, -0.25) is 0 Å². The molecule has 16 heavy (non-hydrogen) atoms. The first-order valence-electron chi connectivity index (χ1n) is 5.20. The van der Waals surface area contributed by atoms with Crippen LogP contribution in [0.3, 0.4) is 0 Å². The van der Waals surface area contributed by atoms with Crippen LogP contribution in [-0.4, -0.2) is 6.61 Å². The second kappa shape index (κ2) is 4.42. The second-order valence-corrected chi connectivity index (χ2v) is 3.98. The Morgan fingerprint density at radius 1 is 1.12 bits per heavy atom. The fourth-order valence-electron chi connectivity index (χ4n) is 2.24. The van der Waals surface area contributed by atoms with Gasteiger partial charge in [0.15, 0.2) is 0 Å². The fourth-order valence-corrected chi connectivity index (χ4v) is 2.24. The van der Waals surface area contributed by atoms with E-state index < -0.39 is 0 Å². The van der Waals surface area contributed by atoms with Gasteiger partial charge in [-0.1, -0.05) is 36.4 Å². The Morgan fingerprint density at radius 3 is 2.81 bits per heavy atom. The summed E-state index contributed by atoms with van der Waals surface area (Å²) in [6, 6.07) is 12.7. The predicted molar refractivity (Wildman–Crippen MR) is 67.8 cm³/mol. The maximum absolute atomic E-state index is 6.01. The van der Waals surface area contributed by atoms with Crippen molar-refractivity contribution in [2.45, 2.75) is 12.6 Å². The normalized spacial score (nSPS) is 18.9. The molecule has 84 valence electrons.